The fourth-order valence-electron chi connectivity index (χ4n) is 14.3. The second kappa shape index (κ2) is 22.4. The number of aromatic nitrogens is 3. The normalized spacial score (nSPS) is 12.3. The Morgan fingerprint density at radius 1 is 0.154 bits per heavy atom. The van der Waals surface area contributed by atoms with Gasteiger partial charge in [-0.3, -0.25) is 0 Å². The van der Waals surface area contributed by atoms with E-state index in [4.69, 9.17) is 15.0 Å². The van der Waals surface area contributed by atoms with Crippen molar-refractivity contribution in [3.05, 3.63) is 368 Å². The summed E-state index contributed by atoms with van der Waals surface area (Å²) in [6.45, 7) is 0. The average molecular weight is 1160 g/mol. The van der Waals surface area contributed by atoms with Gasteiger partial charge in [0.1, 0.15) is 0 Å². The lowest BCUT2D eigenvalue weighted by Crippen LogP contribution is -2.26. The maximum atomic E-state index is 5.84. The number of fused-ring (bicyclic) bond motifs is 10. The lowest BCUT2D eigenvalue weighted by molar-refractivity contribution is 0.794. The maximum Gasteiger partial charge on any atom is 0.164 e. The quantitative estimate of drug-likeness (QED) is 0.130. The molecule has 0 unspecified atom stereocenters. The van der Waals surface area contributed by atoms with Crippen molar-refractivity contribution >= 4 is 0 Å². The topological polar surface area (TPSA) is 38.7 Å². The van der Waals surface area contributed by atoms with E-state index in [1.807, 2.05) is 0 Å². The smallest absolute Gasteiger partial charge is 0.164 e. The van der Waals surface area contributed by atoms with Gasteiger partial charge in [-0.25, -0.2) is 15.0 Å². The minimum absolute atomic E-state index is 0.569. The molecule has 3 heteroatoms. The molecule has 0 radical (unpaired) electrons. The van der Waals surface area contributed by atoms with Gasteiger partial charge in [0.25, 0.3) is 0 Å². The van der Waals surface area contributed by atoms with E-state index < -0.39 is 5.41 Å². The van der Waals surface area contributed by atoms with Crippen LogP contribution in [0.2, 0.25) is 0 Å². The van der Waals surface area contributed by atoms with E-state index in [2.05, 4.69) is 346 Å². The van der Waals surface area contributed by atoms with Crippen molar-refractivity contribution in [1.82, 2.24) is 15.0 Å². The first-order valence-corrected chi connectivity index (χ1v) is 31.2. The largest absolute Gasteiger partial charge is 0.208 e. The molecule has 2 aliphatic rings. The summed E-state index contributed by atoms with van der Waals surface area (Å²) in [4.78, 5) is 17.4. The van der Waals surface area contributed by atoms with Crippen LogP contribution < -0.4 is 0 Å². The Balaban J connectivity index is 0.942. The summed E-state index contributed by atoms with van der Waals surface area (Å²) in [5.41, 5.74) is 29.6. The molecule has 1 spiro atoms. The molecule has 0 saturated carbocycles. The fraction of sp³-hybridized carbons (Fsp3) is 0.0114. The molecule has 1 heterocycles. The standard InChI is InChI=1S/C88H57N3/c1-5-24-58(25-6-1)62-32-19-36-66(48-62)70-52-71(67-37-20-33-63(49-67)59-26-7-2-8-27-59)55-74(54-70)85-89-86(75-56-72(68-38-21-34-64(50-68)60-28-9-3-10-29-60)53-73(57-75)69-39-22-35-65(51-69)61-30-11-4-12-31-61)91-87(90-85)80-44-23-43-79-78-42-15-18-47-83(78)88(84(79)80)81-45-16-13-40-76(81)77-41-14-17-46-82(77)88/h1-57H. The summed E-state index contributed by atoms with van der Waals surface area (Å²) in [6.07, 6.45) is 0. The summed E-state index contributed by atoms with van der Waals surface area (Å²) < 4.78 is 0. The summed E-state index contributed by atoms with van der Waals surface area (Å²) >= 11 is 0. The van der Waals surface area contributed by atoms with Crippen molar-refractivity contribution in [2.45, 2.75) is 5.41 Å². The predicted molar refractivity (Wildman–Crippen MR) is 376 cm³/mol. The first kappa shape index (κ1) is 53.3. The molecule has 1 aromatic heterocycles. The van der Waals surface area contributed by atoms with Crippen molar-refractivity contribution in [3.8, 4) is 145 Å². The van der Waals surface area contributed by atoms with Gasteiger partial charge < -0.3 is 0 Å². The first-order chi connectivity index (χ1) is 45.1. The van der Waals surface area contributed by atoms with Gasteiger partial charge in [0.15, 0.2) is 17.5 Å². The van der Waals surface area contributed by atoms with Crippen LogP contribution in [-0.4, -0.2) is 15.0 Å². The van der Waals surface area contributed by atoms with Crippen LogP contribution in [0.15, 0.2) is 346 Å². The van der Waals surface area contributed by atoms with Crippen molar-refractivity contribution in [2.24, 2.45) is 0 Å². The lowest BCUT2D eigenvalue weighted by atomic mass is 9.69. The number of hydrogen-bond acceptors (Lipinski definition) is 3. The lowest BCUT2D eigenvalue weighted by Gasteiger charge is -2.31. The Labute approximate surface area is 530 Å². The highest BCUT2D eigenvalue weighted by molar-refractivity contribution is 5.99. The first-order valence-electron chi connectivity index (χ1n) is 31.2. The molecular weight excluding hydrogens is 1100 g/mol. The highest BCUT2D eigenvalue weighted by atomic mass is 15.0. The van der Waals surface area contributed by atoms with Gasteiger partial charge in [0.05, 0.1) is 5.41 Å². The van der Waals surface area contributed by atoms with Crippen LogP contribution in [0, 0.1) is 0 Å². The van der Waals surface area contributed by atoms with Crippen LogP contribution in [0.5, 0.6) is 0 Å². The van der Waals surface area contributed by atoms with Crippen molar-refractivity contribution in [2.75, 3.05) is 0 Å². The molecule has 0 amide bonds. The molecule has 3 nitrogen and oxygen atoms in total. The number of hydrogen-bond donors (Lipinski definition) is 0. The zero-order chi connectivity index (χ0) is 60.2. The molecule has 14 aromatic carbocycles. The summed E-state index contributed by atoms with van der Waals surface area (Å²) in [5, 5.41) is 0. The molecule has 0 N–H and O–H groups in total. The Kier molecular flexibility index (Phi) is 13.1. The number of rotatable bonds is 11. The Morgan fingerprint density at radius 2 is 0.374 bits per heavy atom. The van der Waals surface area contributed by atoms with E-state index in [9.17, 15) is 0 Å². The van der Waals surface area contributed by atoms with Gasteiger partial charge in [-0.15, -0.1) is 0 Å². The SMILES string of the molecule is c1ccc(-c2cccc(-c3cc(-c4cccc(-c5ccccc5)c4)cc(-c4nc(-c5cc(-c6cccc(-c7ccccc7)c6)cc(-c6cccc(-c7ccccc7)c6)c5)nc(-c5cccc6c5C5(c7ccccc7-c7ccccc75)c5ccccc5-6)n4)c3)c2)cc1. The Bertz CT molecular complexity index is 4790. The van der Waals surface area contributed by atoms with E-state index in [0.29, 0.717) is 17.5 Å². The number of nitrogens with zero attached hydrogens (tertiary/aromatic N) is 3. The van der Waals surface area contributed by atoms with Crippen LogP contribution in [0.1, 0.15) is 22.3 Å². The van der Waals surface area contributed by atoms with Gasteiger partial charge >= 0.3 is 0 Å². The van der Waals surface area contributed by atoms with E-state index >= 15 is 0 Å². The van der Waals surface area contributed by atoms with E-state index in [-0.39, 0.29) is 0 Å². The molecule has 0 fully saturated rings. The predicted octanol–water partition coefficient (Wildman–Crippen LogP) is 22.6. The summed E-state index contributed by atoms with van der Waals surface area (Å²) in [5.74, 6) is 1.74. The third-order valence-electron chi connectivity index (χ3n) is 18.5. The van der Waals surface area contributed by atoms with Crippen LogP contribution in [0.25, 0.3) is 145 Å². The van der Waals surface area contributed by atoms with Crippen molar-refractivity contribution in [1.29, 1.82) is 0 Å². The van der Waals surface area contributed by atoms with Gasteiger partial charge in [-0.1, -0.05) is 285 Å². The minimum Gasteiger partial charge on any atom is -0.208 e. The molecule has 2 aliphatic carbocycles. The highest BCUT2D eigenvalue weighted by Gasteiger charge is 2.53. The second-order valence-electron chi connectivity index (χ2n) is 23.8. The molecule has 424 valence electrons. The Morgan fingerprint density at radius 3 is 0.714 bits per heavy atom. The monoisotopic (exact) mass is 1160 g/mol. The van der Waals surface area contributed by atoms with E-state index in [0.717, 1.165) is 106 Å². The Hall–Kier alpha value is -11.9. The maximum absolute atomic E-state index is 5.84. The van der Waals surface area contributed by atoms with Gasteiger partial charge in [0.2, 0.25) is 0 Å². The second-order valence-corrected chi connectivity index (χ2v) is 23.8. The average Bonchev–Trinajstić information content (AvgIpc) is 1.51. The van der Waals surface area contributed by atoms with Gasteiger partial charge in [-0.2, -0.15) is 0 Å². The molecular formula is C88H57N3. The molecule has 17 rings (SSSR count). The van der Waals surface area contributed by atoms with E-state index in [1.165, 1.54) is 44.5 Å². The molecule has 15 aromatic rings. The van der Waals surface area contributed by atoms with Crippen LogP contribution in [0.3, 0.4) is 0 Å². The zero-order valence-corrected chi connectivity index (χ0v) is 49.8. The molecule has 0 aliphatic heterocycles. The molecule has 0 saturated heterocycles. The fourth-order valence-corrected chi connectivity index (χ4v) is 14.3. The van der Waals surface area contributed by atoms with Gasteiger partial charge in [-0.05, 0) is 194 Å². The highest BCUT2D eigenvalue weighted by Crippen LogP contribution is 2.64. The zero-order valence-electron chi connectivity index (χ0n) is 49.8. The summed E-state index contributed by atoms with van der Waals surface area (Å²) in [7, 11) is 0. The molecule has 91 heavy (non-hydrogen) atoms. The number of benzene rings is 14. The van der Waals surface area contributed by atoms with Crippen LogP contribution >= 0.6 is 0 Å². The van der Waals surface area contributed by atoms with E-state index in [1.54, 1.807) is 0 Å². The summed E-state index contributed by atoms with van der Waals surface area (Å²) in [6, 6.07) is 125. The molecule has 0 atom stereocenters. The third kappa shape index (κ3) is 9.42. The van der Waals surface area contributed by atoms with Crippen LogP contribution in [0.4, 0.5) is 0 Å². The molecule has 0 bridgehead atoms. The minimum atomic E-state index is -0.663. The van der Waals surface area contributed by atoms with Crippen molar-refractivity contribution in [3.63, 3.8) is 0 Å². The van der Waals surface area contributed by atoms with Crippen molar-refractivity contribution < 1.29 is 0 Å². The third-order valence-corrected chi connectivity index (χ3v) is 18.5. The van der Waals surface area contributed by atoms with Gasteiger partial charge in [0, 0.05) is 16.7 Å². The van der Waals surface area contributed by atoms with Crippen LogP contribution in [-0.2, 0) is 5.41 Å².